The molecule has 21 nitrogen and oxygen atoms in total. The predicted octanol–water partition coefficient (Wildman–Crippen LogP) is 2.96. The standard InChI is InChI=1S/C53H73N11O10/c1-52(2)14-21-61(22-15-52)34-38-7-9-39(10-8-38)63-35-47(67)60-53(36-63)16-23-62(24-17-53)44-33-43(57-37-58-44)55-18-4-19-56-45(65)13-25-71-27-29-73-31-32-74-30-28-72-26-20-54-41-6-3-5-40-48(41)51(70)64(50(40)69)42-11-12-46(66)59-49(42)68/h3,5-10,33,37,42,54H,4,11-32,34-36H2,1-2H3,(H,56,65)(H,60,67)(H,55,57,58)(H,59,66,68). The average molecular weight is 1020 g/mol. The van der Waals surface area contributed by atoms with Crippen molar-refractivity contribution in [2.24, 2.45) is 5.41 Å². The molecule has 5 aliphatic rings. The van der Waals surface area contributed by atoms with E-state index in [9.17, 15) is 28.8 Å². The average Bonchev–Trinajstić information content (AvgIpc) is 3.64. The summed E-state index contributed by atoms with van der Waals surface area (Å²) in [5.41, 5.74) is 3.43. The molecule has 0 bridgehead atoms. The lowest BCUT2D eigenvalue weighted by Crippen LogP contribution is -2.66. The minimum atomic E-state index is -1.02. The number of nitrogens with one attached hydrogen (secondary N) is 5. The number of piperidine rings is 3. The van der Waals surface area contributed by atoms with E-state index in [1.165, 1.54) is 18.4 Å². The largest absolute Gasteiger partial charge is 0.382 e. The molecule has 0 aliphatic carbocycles. The Morgan fingerprint density at radius 1 is 0.743 bits per heavy atom. The number of aromatic nitrogens is 2. The van der Waals surface area contributed by atoms with Gasteiger partial charge in [0.1, 0.15) is 24.0 Å². The van der Waals surface area contributed by atoms with E-state index in [4.69, 9.17) is 18.9 Å². The number of benzene rings is 2. The number of amides is 6. The number of hydrogen-bond acceptors (Lipinski definition) is 17. The van der Waals surface area contributed by atoms with E-state index in [-0.39, 0.29) is 54.3 Å². The molecule has 8 rings (SSSR count). The summed E-state index contributed by atoms with van der Waals surface area (Å²) in [7, 11) is 0. The van der Waals surface area contributed by atoms with Crippen LogP contribution >= 0.6 is 0 Å². The quantitative estimate of drug-likeness (QED) is 0.0574. The van der Waals surface area contributed by atoms with Gasteiger partial charge in [-0.3, -0.25) is 43.9 Å². The number of rotatable bonds is 26. The second-order valence-corrected chi connectivity index (χ2v) is 20.5. The lowest BCUT2D eigenvalue weighted by atomic mass is 9.82. The van der Waals surface area contributed by atoms with Gasteiger partial charge in [-0.25, -0.2) is 9.97 Å². The molecule has 2 aromatic carbocycles. The minimum Gasteiger partial charge on any atom is -0.382 e. The van der Waals surface area contributed by atoms with Gasteiger partial charge in [0.2, 0.25) is 23.6 Å². The second-order valence-electron chi connectivity index (χ2n) is 20.5. The van der Waals surface area contributed by atoms with Crippen LogP contribution in [0.25, 0.3) is 0 Å². The number of carbonyl (C=O) groups excluding carboxylic acids is 6. The smallest absolute Gasteiger partial charge is 0.264 e. The highest BCUT2D eigenvalue weighted by atomic mass is 16.6. The molecule has 400 valence electrons. The summed E-state index contributed by atoms with van der Waals surface area (Å²) in [6, 6.07) is 14.6. The monoisotopic (exact) mass is 1020 g/mol. The minimum absolute atomic E-state index is 0.0564. The van der Waals surface area contributed by atoms with E-state index in [1.54, 1.807) is 24.5 Å². The van der Waals surface area contributed by atoms with Crippen molar-refractivity contribution in [3.8, 4) is 0 Å². The highest BCUT2D eigenvalue weighted by Gasteiger charge is 2.46. The number of nitrogens with zero attached hydrogens (tertiary/aromatic N) is 6. The normalized spacial score (nSPS) is 19.6. The van der Waals surface area contributed by atoms with E-state index in [1.807, 2.05) is 6.07 Å². The van der Waals surface area contributed by atoms with Gasteiger partial charge in [-0.05, 0) is 86.9 Å². The SMILES string of the molecule is CC1(C)CCN(Cc2ccc(N3CC(=O)NC4(CCN(c5cc(NCCCNC(=O)CCOCCOCCOCCOCCNc6cccc7c6C(=O)N(C6CCC(=O)NC6=O)C7=O)ncn5)CC4)C3)cc2)CC1. The van der Waals surface area contributed by atoms with Crippen LogP contribution in [0.2, 0.25) is 0 Å². The molecule has 1 atom stereocenters. The van der Waals surface area contributed by atoms with Crippen LogP contribution in [0.1, 0.15) is 91.5 Å². The van der Waals surface area contributed by atoms with Crippen molar-refractivity contribution in [1.82, 2.24) is 35.7 Å². The zero-order valence-electron chi connectivity index (χ0n) is 42.9. The summed E-state index contributed by atoms with van der Waals surface area (Å²) >= 11 is 0. The van der Waals surface area contributed by atoms with Gasteiger partial charge in [-0.1, -0.05) is 32.0 Å². The summed E-state index contributed by atoms with van der Waals surface area (Å²) in [5.74, 6) is -0.646. The van der Waals surface area contributed by atoms with Gasteiger partial charge >= 0.3 is 0 Å². The molecule has 1 aromatic heterocycles. The molecule has 4 saturated heterocycles. The number of hydrogen-bond donors (Lipinski definition) is 5. The first-order valence-electron chi connectivity index (χ1n) is 26.2. The molecule has 4 fully saturated rings. The zero-order chi connectivity index (χ0) is 51.9. The Morgan fingerprint density at radius 2 is 1.45 bits per heavy atom. The highest BCUT2D eigenvalue weighted by molar-refractivity contribution is 6.25. The fourth-order valence-electron chi connectivity index (χ4n) is 10.1. The molecule has 5 aliphatic heterocycles. The first-order chi connectivity index (χ1) is 35.8. The molecule has 21 heteroatoms. The number of imide groups is 2. The van der Waals surface area contributed by atoms with E-state index in [0.29, 0.717) is 90.0 Å². The number of piperazine rings is 1. The Kier molecular flexibility index (Phi) is 18.8. The van der Waals surface area contributed by atoms with Gasteiger partial charge < -0.3 is 50.0 Å². The molecule has 6 heterocycles. The molecule has 1 unspecified atom stereocenters. The van der Waals surface area contributed by atoms with Crippen LogP contribution in [0.4, 0.5) is 23.0 Å². The lowest BCUT2D eigenvalue weighted by Gasteiger charge is -2.48. The number of carbonyl (C=O) groups is 6. The molecular formula is C53H73N11O10. The first kappa shape index (κ1) is 54.0. The van der Waals surface area contributed by atoms with Gasteiger partial charge in [0.25, 0.3) is 11.8 Å². The van der Waals surface area contributed by atoms with Crippen LogP contribution in [0.15, 0.2) is 54.9 Å². The maximum absolute atomic E-state index is 13.2. The Labute approximate surface area is 433 Å². The number of anilines is 4. The summed E-state index contributed by atoms with van der Waals surface area (Å²) in [6.07, 6.45) is 6.78. The Hall–Kier alpha value is -6.26. The van der Waals surface area contributed by atoms with Crippen molar-refractivity contribution in [3.05, 3.63) is 71.5 Å². The Balaban J connectivity index is 0.610. The molecule has 3 aromatic rings. The topological polar surface area (TPSA) is 238 Å². The third-order valence-electron chi connectivity index (χ3n) is 14.4. The summed E-state index contributed by atoms with van der Waals surface area (Å²) in [6.45, 7) is 15.0. The van der Waals surface area contributed by atoms with Crippen molar-refractivity contribution in [2.45, 2.75) is 83.3 Å². The zero-order valence-corrected chi connectivity index (χ0v) is 42.9. The molecule has 0 saturated carbocycles. The fourth-order valence-corrected chi connectivity index (χ4v) is 10.1. The maximum atomic E-state index is 13.2. The van der Waals surface area contributed by atoms with Crippen LogP contribution in [-0.2, 0) is 44.7 Å². The van der Waals surface area contributed by atoms with Crippen molar-refractivity contribution in [3.63, 3.8) is 0 Å². The van der Waals surface area contributed by atoms with Gasteiger partial charge in [-0.2, -0.15) is 0 Å². The molecule has 6 amide bonds. The summed E-state index contributed by atoms with van der Waals surface area (Å²) in [5, 5.41) is 15.0. The lowest BCUT2D eigenvalue weighted by molar-refractivity contribution is -0.136. The summed E-state index contributed by atoms with van der Waals surface area (Å²) in [4.78, 5) is 92.6. The first-order valence-corrected chi connectivity index (χ1v) is 26.2. The van der Waals surface area contributed by atoms with Crippen molar-refractivity contribution >= 4 is 58.5 Å². The molecule has 1 spiro atoms. The molecule has 74 heavy (non-hydrogen) atoms. The maximum Gasteiger partial charge on any atom is 0.264 e. The predicted molar refractivity (Wildman–Crippen MR) is 277 cm³/mol. The van der Waals surface area contributed by atoms with Crippen LogP contribution < -0.4 is 36.4 Å². The fraction of sp³-hybridized carbons (Fsp3) is 0.585. The van der Waals surface area contributed by atoms with Gasteiger partial charge in [-0.15, -0.1) is 0 Å². The Bertz CT molecular complexity index is 2420. The number of ether oxygens (including phenoxy) is 4. The van der Waals surface area contributed by atoms with E-state index < -0.39 is 29.7 Å². The third kappa shape index (κ3) is 14.7. The molecular weight excluding hydrogens is 951 g/mol. The van der Waals surface area contributed by atoms with Crippen molar-refractivity contribution < 1.29 is 47.7 Å². The van der Waals surface area contributed by atoms with Crippen molar-refractivity contribution in [1.29, 1.82) is 0 Å². The number of likely N-dealkylation sites (tertiary alicyclic amines) is 1. The van der Waals surface area contributed by atoms with Crippen LogP contribution in [-0.4, -0.2) is 179 Å². The molecule has 5 N–H and O–H groups in total. The van der Waals surface area contributed by atoms with Crippen LogP contribution in [0.5, 0.6) is 0 Å². The van der Waals surface area contributed by atoms with Gasteiger partial charge in [0.15, 0.2) is 0 Å². The highest BCUT2D eigenvalue weighted by Crippen LogP contribution is 2.34. The second kappa shape index (κ2) is 25.8. The molecule has 0 radical (unpaired) electrons. The van der Waals surface area contributed by atoms with Gasteiger partial charge in [0, 0.05) is 76.1 Å². The van der Waals surface area contributed by atoms with Crippen LogP contribution in [0.3, 0.4) is 0 Å². The van der Waals surface area contributed by atoms with E-state index in [2.05, 4.69) is 89.4 Å². The summed E-state index contributed by atoms with van der Waals surface area (Å²) < 4.78 is 22.3. The van der Waals surface area contributed by atoms with E-state index >= 15 is 0 Å². The van der Waals surface area contributed by atoms with E-state index in [0.717, 1.165) is 74.3 Å². The van der Waals surface area contributed by atoms with Crippen LogP contribution in [0, 0.1) is 5.41 Å². The van der Waals surface area contributed by atoms with Crippen molar-refractivity contribution in [2.75, 3.05) is 132 Å². The number of fused-ring (bicyclic) bond motifs is 1. The third-order valence-corrected chi connectivity index (χ3v) is 14.4. The van der Waals surface area contributed by atoms with Gasteiger partial charge in [0.05, 0.1) is 76.1 Å². The Morgan fingerprint density at radius 3 is 2.16 bits per heavy atom.